The molecular weight excluding hydrogens is 947 g/mol. The maximum atomic E-state index is 12.9. The van der Waals surface area contributed by atoms with Crippen LogP contribution in [-0.4, -0.2) is 87.4 Å². The summed E-state index contributed by atoms with van der Waals surface area (Å²) in [6.45, 7) is 4.82. The normalized spacial score (nSPS) is 13.0. The zero-order chi connectivity index (χ0) is 55.5. The highest BCUT2D eigenvalue weighted by Gasteiger charge is 2.25. The van der Waals surface area contributed by atoms with E-state index in [2.05, 4.69) is 62.5 Å². The van der Waals surface area contributed by atoms with Crippen LogP contribution in [0.1, 0.15) is 303 Å². The van der Waals surface area contributed by atoms with E-state index in [-0.39, 0.29) is 32.2 Å². The monoisotopic (exact) mass is 1070 g/mol. The van der Waals surface area contributed by atoms with Gasteiger partial charge in [-0.05, 0) is 51.4 Å². The molecule has 0 heterocycles. The zero-order valence-electron chi connectivity index (χ0n) is 50.7. The van der Waals surface area contributed by atoms with Crippen LogP contribution in [-0.2, 0) is 33.3 Å². The molecule has 0 aliphatic rings. The number of quaternary nitrogens is 1. The number of unbranched alkanes of at least 4 members (excludes halogenated alkanes) is 37. The summed E-state index contributed by atoms with van der Waals surface area (Å²) in [4.78, 5) is 37.5. The number of rotatable bonds is 60. The van der Waals surface area contributed by atoms with Crippen molar-refractivity contribution in [3.05, 3.63) is 48.6 Å². The third kappa shape index (κ3) is 58.9. The maximum absolute atomic E-state index is 12.9. The molecule has 0 aliphatic carbocycles. The first-order chi connectivity index (χ1) is 37.1. The van der Waals surface area contributed by atoms with Crippen molar-refractivity contribution in [1.29, 1.82) is 0 Å². The van der Waals surface area contributed by atoms with Crippen LogP contribution >= 0.6 is 0 Å². The fraction of sp³-hybridized carbons (Fsp3) is 0.836. The van der Waals surface area contributed by atoms with Crippen molar-refractivity contribution in [3.8, 4) is 0 Å². The van der Waals surface area contributed by atoms with Gasteiger partial charge in [0.25, 0.3) is 6.29 Å². The highest BCUT2D eigenvalue weighted by molar-refractivity contribution is 5.71. The summed E-state index contributed by atoms with van der Waals surface area (Å²) >= 11 is 0. The summed E-state index contributed by atoms with van der Waals surface area (Å²) in [6.07, 6.45) is 70.6. The number of carboxylic acid groups (broad SMARTS) is 1. The quantitative estimate of drug-likeness (QED) is 0.0211. The average molecular weight is 1070 g/mol. The molecule has 0 fully saturated rings. The molecule has 1 N–H and O–H groups in total. The lowest BCUT2D eigenvalue weighted by atomic mass is 10.0. The van der Waals surface area contributed by atoms with Gasteiger partial charge in [0.05, 0.1) is 34.4 Å². The minimum Gasteiger partial charge on any atom is -0.477 e. The smallest absolute Gasteiger partial charge is 0.361 e. The second-order valence-corrected chi connectivity index (χ2v) is 23.1. The molecule has 0 rings (SSSR count). The van der Waals surface area contributed by atoms with Gasteiger partial charge in [-0.1, -0.05) is 287 Å². The fourth-order valence-corrected chi connectivity index (χ4v) is 9.42. The van der Waals surface area contributed by atoms with E-state index in [0.29, 0.717) is 17.4 Å². The van der Waals surface area contributed by atoms with E-state index in [1.807, 2.05) is 21.1 Å². The van der Waals surface area contributed by atoms with Crippen LogP contribution in [0.15, 0.2) is 48.6 Å². The van der Waals surface area contributed by atoms with Crippen molar-refractivity contribution >= 4 is 17.9 Å². The Morgan fingerprint density at radius 1 is 0.408 bits per heavy atom. The van der Waals surface area contributed by atoms with Crippen molar-refractivity contribution < 1.29 is 42.9 Å². The van der Waals surface area contributed by atoms with Gasteiger partial charge in [-0.3, -0.25) is 9.59 Å². The molecule has 76 heavy (non-hydrogen) atoms. The topological polar surface area (TPSA) is 108 Å². The molecule has 0 saturated heterocycles. The van der Waals surface area contributed by atoms with E-state index in [1.54, 1.807) is 0 Å². The number of hydrogen-bond donors (Lipinski definition) is 1. The number of likely N-dealkylation sites (N-methyl/N-ethyl adjacent to an activating group) is 1. The second kappa shape index (κ2) is 58.4. The Balaban J connectivity index is 4.14. The molecule has 0 saturated carbocycles. The van der Waals surface area contributed by atoms with Crippen molar-refractivity contribution in [3.63, 3.8) is 0 Å². The predicted molar refractivity (Wildman–Crippen MR) is 323 cm³/mol. The summed E-state index contributed by atoms with van der Waals surface area (Å²) in [6, 6.07) is 0. The van der Waals surface area contributed by atoms with Gasteiger partial charge in [-0.15, -0.1) is 0 Å². The van der Waals surface area contributed by atoms with Gasteiger partial charge >= 0.3 is 17.9 Å². The van der Waals surface area contributed by atoms with E-state index in [9.17, 15) is 19.5 Å². The Morgan fingerprint density at radius 2 is 0.750 bits per heavy atom. The van der Waals surface area contributed by atoms with Gasteiger partial charge in [-0.2, -0.15) is 0 Å². The van der Waals surface area contributed by atoms with Gasteiger partial charge in [0.1, 0.15) is 13.2 Å². The third-order valence-electron chi connectivity index (χ3n) is 14.3. The van der Waals surface area contributed by atoms with Crippen LogP contribution in [0.5, 0.6) is 0 Å². The molecule has 0 aromatic heterocycles. The first-order valence-electron chi connectivity index (χ1n) is 32.3. The summed E-state index contributed by atoms with van der Waals surface area (Å²) in [5, 5.41) is 9.73. The number of carboxylic acids is 1. The first-order valence-corrected chi connectivity index (χ1v) is 32.3. The van der Waals surface area contributed by atoms with E-state index < -0.39 is 24.3 Å². The Bertz CT molecular complexity index is 1380. The molecule has 0 aromatic carbocycles. The molecule has 0 radical (unpaired) electrons. The summed E-state index contributed by atoms with van der Waals surface area (Å²) in [5.41, 5.74) is 0. The minimum atomic E-state index is -1.51. The number of hydrogen-bond acceptors (Lipinski definition) is 7. The number of carbonyl (C=O) groups excluding carboxylic acids is 2. The molecule has 0 spiro atoms. The Kier molecular flexibility index (Phi) is 56.3. The summed E-state index contributed by atoms with van der Waals surface area (Å²) in [5.74, 6) is -1.99. The molecule has 0 aromatic rings. The molecule has 2 atom stereocenters. The van der Waals surface area contributed by atoms with E-state index in [4.69, 9.17) is 18.9 Å². The van der Waals surface area contributed by atoms with Crippen LogP contribution in [0.2, 0.25) is 0 Å². The maximum Gasteiger partial charge on any atom is 0.361 e. The lowest BCUT2D eigenvalue weighted by Crippen LogP contribution is -2.40. The number of carbonyl (C=O) groups is 3. The van der Waals surface area contributed by atoms with Gasteiger partial charge in [-0.25, -0.2) is 4.79 Å². The molecule has 0 amide bonds. The SMILES string of the molecule is CC/C=C\C/C=C\C/C=C\C/C=C\CCCCCCCCCCCCCCC(=O)OC(COC(=O)CCCCCCCCCCCCCCCCCCCCCCCCCCCC)COC(OCC[N+](C)(C)C)C(=O)O. The number of ether oxygens (including phenoxy) is 4. The highest BCUT2D eigenvalue weighted by atomic mass is 16.7. The summed E-state index contributed by atoms with van der Waals surface area (Å²) < 4.78 is 23.0. The van der Waals surface area contributed by atoms with Gasteiger partial charge < -0.3 is 28.5 Å². The van der Waals surface area contributed by atoms with E-state index in [1.165, 1.54) is 212 Å². The molecule has 9 heteroatoms. The molecule has 444 valence electrons. The summed E-state index contributed by atoms with van der Waals surface area (Å²) in [7, 11) is 5.98. The lowest BCUT2D eigenvalue weighted by molar-refractivity contribution is -0.870. The molecule has 0 aliphatic heterocycles. The second-order valence-electron chi connectivity index (χ2n) is 23.1. The number of esters is 2. The predicted octanol–water partition coefficient (Wildman–Crippen LogP) is 19.4. The largest absolute Gasteiger partial charge is 0.477 e. The number of aliphatic carboxylic acids is 1. The number of nitrogens with zero attached hydrogens (tertiary/aromatic N) is 1. The number of allylic oxidation sites excluding steroid dienone is 8. The van der Waals surface area contributed by atoms with Gasteiger partial charge in [0.2, 0.25) is 0 Å². The Hall–Kier alpha value is -2.75. The first kappa shape index (κ1) is 73.2. The fourth-order valence-electron chi connectivity index (χ4n) is 9.42. The minimum absolute atomic E-state index is 0.179. The third-order valence-corrected chi connectivity index (χ3v) is 14.3. The molecule has 9 nitrogen and oxygen atoms in total. The van der Waals surface area contributed by atoms with Crippen LogP contribution in [0.25, 0.3) is 0 Å². The lowest BCUT2D eigenvalue weighted by Gasteiger charge is -2.25. The van der Waals surface area contributed by atoms with Gasteiger partial charge in [0, 0.05) is 12.8 Å². The van der Waals surface area contributed by atoms with E-state index in [0.717, 1.165) is 64.2 Å². The van der Waals surface area contributed by atoms with Crippen LogP contribution in [0, 0.1) is 0 Å². The van der Waals surface area contributed by atoms with Crippen LogP contribution in [0.4, 0.5) is 0 Å². The molecular formula is C67H124NO8+. The Labute approximate surface area is 470 Å². The van der Waals surface area contributed by atoms with Crippen LogP contribution < -0.4 is 0 Å². The van der Waals surface area contributed by atoms with E-state index >= 15 is 0 Å². The van der Waals surface area contributed by atoms with Crippen LogP contribution in [0.3, 0.4) is 0 Å². The van der Waals surface area contributed by atoms with Crippen molar-refractivity contribution in [2.45, 2.75) is 315 Å². The molecule has 0 bridgehead atoms. The zero-order valence-corrected chi connectivity index (χ0v) is 50.7. The highest BCUT2D eigenvalue weighted by Crippen LogP contribution is 2.18. The Morgan fingerprint density at radius 3 is 1.12 bits per heavy atom. The molecule has 2 unspecified atom stereocenters. The van der Waals surface area contributed by atoms with Crippen molar-refractivity contribution in [1.82, 2.24) is 0 Å². The van der Waals surface area contributed by atoms with Crippen molar-refractivity contribution in [2.24, 2.45) is 0 Å². The van der Waals surface area contributed by atoms with Gasteiger partial charge in [0.15, 0.2) is 6.10 Å². The average Bonchev–Trinajstić information content (AvgIpc) is 3.39. The standard InChI is InChI=1S/C67H123NO8/c1-6-8-10-12-14-16-18-20-22-24-26-28-30-32-34-35-37-39-41-43-45-47-49-51-53-55-57-64(69)74-61-63(62-75-67(66(71)72)73-60-59-68(3,4)5)76-65(70)58-56-54-52-50-48-46-44-42-40-38-36-33-31-29-27-25-23-21-19-17-15-13-11-9-7-2/h9,11,15,17,21,23,27,29,63,67H,6-8,10,12-14,16,18-20,22,24-26,28,30-62H2,1-5H3/p+1/b11-9-,17-15-,23-21-,29-27-. The van der Waals surface area contributed by atoms with Crippen molar-refractivity contribution in [2.75, 3.05) is 47.5 Å².